The first-order chi connectivity index (χ1) is 22.7. The molecule has 220 valence electrons. The van der Waals surface area contributed by atoms with E-state index < -0.39 is 12.6 Å². The highest BCUT2D eigenvalue weighted by Gasteiger charge is 2.51. The Hall–Kier alpha value is -5.17. The number of ether oxygens (including phenoxy) is 1. The smallest absolute Gasteiger partial charge is 0.150 e. The summed E-state index contributed by atoms with van der Waals surface area (Å²) in [5, 5.41) is 1.78. The predicted molar refractivity (Wildman–Crippen MR) is 189 cm³/mol. The van der Waals surface area contributed by atoms with E-state index in [4.69, 9.17) is 4.74 Å². The van der Waals surface area contributed by atoms with Gasteiger partial charge in [0.05, 0.1) is 5.41 Å². The zero-order valence-corrected chi connectivity index (χ0v) is 26.1. The fourth-order valence-corrected chi connectivity index (χ4v) is 11.0. The van der Waals surface area contributed by atoms with Crippen LogP contribution >= 0.6 is 7.14 Å². The van der Waals surface area contributed by atoms with Gasteiger partial charge in [-0.3, -0.25) is 0 Å². The maximum absolute atomic E-state index is 15.3. The summed E-state index contributed by atoms with van der Waals surface area (Å²) in [6.07, 6.45) is 9.08. The molecule has 0 aromatic heterocycles. The van der Waals surface area contributed by atoms with Gasteiger partial charge < -0.3 is 9.30 Å². The number of fused-ring (bicyclic) bond motifs is 9. The minimum Gasteiger partial charge on any atom is -0.457 e. The molecule has 46 heavy (non-hydrogen) atoms. The number of para-hydroxylation sites is 1. The first-order valence-electron chi connectivity index (χ1n) is 15.9. The zero-order valence-electron chi connectivity index (χ0n) is 25.2. The lowest BCUT2D eigenvalue weighted by atomic mass is 9.66. The molecule has 0 bridgehead atoms. The molecule has 2 aliphatic carbocycles. The molecule has 9 rings (SSSR count). The minimum absolute atomic E-state index is 0.0849. The van der Waals surface area contributed by atoms with Crippen molar-refractivity contribution in [2.24, 2.45) is 0 Å². The molecule has 0 radical (unpaired) electrons. The van der Waals surface area contributed by atoms with Crippen molar-refractivity contribution in [3.05, 3.63) is 192 Å². The van der Waals surface area contributed by atoms with E-state index in [1.165, 1.54) is 22.3 Å². The van der Waals surface area contributed by atoms with Crippen LogP contribution in [0.3, 0.4) is 0 Å². The van der Waals surface area contributed by atoms with Crippen LogP contribution in [0.2, 0.25) is 0 Å². The van der Waals surface area contributed by atoms with Gasteiger partial charge in [-0.05, 0) is 64.1 Å². The van der Waals surface area contributed by atoms with Crippen LogP contribution in [0.15, 0.2) is 170 Å². The lowest BCUT2D eigenvalue weighted by Gasteiger charge is -2.39. The van der Waals surface area contributed by atoms with Crippen LogP contribution in [-0.2, 0) is 9.98 Å². The molecule has 6 aromatic carbocycles. The molecule has 0 fully saturated rings. The van der Waals surface area contributed by atoms with Crippen LogP contribution in [0.25, 0.3) is 22.3 Å². The van der Waals surface area contributed by atoms with Crippen molar-refractivity contribution < 1.29 is 9.30 Å². The summed E-state index contributed by atoms with van der Waals surface area (Å²) >= 11 is 0. The maximum atomic E-state index is 15.3. The maximum Gasteiger partial charge on any atom is 0.150 e. The van der Waals surface area contributed by atoms with Crippen molar-refractivity contribution in [1.82, 2.24) is 0 Å². The average Bonchev–Trinajstić information content (AvgIpc) is 3.43. The second-order valence-electron chi connectivity index (χ2n) is 12.3. The van der Waals surface area contributed by atoms with Crippen LogP contribution in [0.1, 0.15) is 28.7 Å². The van der Waals surface area contributed by atoms with Crippen LogP contribution in [0.5, 0.6) is 11.5 Å². The van der Waals surface area contributed by atoms with E-state index in [0.29, 0.717) is 0 Å². The third kappa shape index (κ3) is 3.81. The van der Waals surface area contributed by atoms with Gasteiger partial charge in [0, 0.05) is 27.4 Å². The molecule has 3 heteroatoms. The molecule has 0 N–H and O–H groups in total. The highest BCUT2D eigenvalue weighted by Crippen LogP contribution is 2.62. The van der Waals surface area contributed by atoms with E-state index in [9.17, 15) is 0 Å². The molecular formula is C43H31O2P. The van der Waals surface area contributed by atoms with Gasteiger partial charge in [-0.1, -0.05) is 146 Å². The van der Waals surface area contributed by atoms with Gasteiger partial charge in [0.2, 0.25) is 0 Å². The van der Waals surface area contributed by atoms with Crippen LogP contribution in [0.4, 0.5) is 0 Å². The molecule has 1 aliphatic heterocycles. The molecule has 1 heterocycles. The van der Waals surface area contributed by atoms with Gasteiger partial charge >= 0.3 is 0 Å². The predicted octanol–water partition coefficient (Wildman–Crippen LogP) is 10.0. The molecule has 3 aliphatic rings. The number of benzene rings is 6. The van der Waals surface area contributed by atoms with Gasteiger partial charge in [-0.15, -0.1) is 0 Å². The van der Waals surface area contributed by atoms with Crippen LogP contribution in [-0.4, -0.2) is 5.66 Å². The standard InChI is InChI=1S/C43H31O2P/c44-46(32-15-3-1-4-16-32,33-17-5-2-6-18-33)34-19-13-14-30(28-34)31-26-27-42-40(29-31)43(39-24-11-12-25-41(39)45-42)37-22-9-7-20-35(37)36-21-8-10-23-38(36)43/h1-17,19-29,33H,18H2. The fourth-order valence-electron chi connectivity index (χ4n) is 7.95. The summed E-state index contributed by atoms with van der Waals surface area (Å²) < 4.78 is 21.9. The Morgan fingerprint density at radius 1 is 0.543 bits per heavy atom. The summed E-state index contributed by atoms with van der Waals surface area (Å²) in [6, 6.07) is 51.0. The number of hydrogen-bond acceptors (Lipinski definition) is 2. The third-order valence-corrected chi connectivity index (χ3v) is 13.4. The van der Waals surface area contributed by atoms with E-state index >= 15 is 4.57 Å². The van der Waals surface area contributed by atoms with Crippen molar-refractivity contribution >= 4 is 17.8 Å². The Labute approximate surface area is 269 Å². The quantitative estimate of drug-likeness (QED) is 0.185. The fraction of sp³-hybridized carbons (Fsp3) is 0.0698. The highest BCUT2D eigenvalue weighted by atomic mass is 31.2. The van der Waals surface area contributed by atoms with Gasteiger partial charge in [0.1, 0.15) is 18.6 Å². The number of rotatable bonds is 4. The van der Waals surface area contributed by atoms with E-state index in [2.05, 4.69) is 115 Å². The monoisotopic (exact) mass is 610 g/mol. The second kappa shape index (κ2) is 10.4. The van der Waals surface area contributed by atoms with Gasteiger partial charge in [-0.2, -0.15) is 0 Å². The summed E-state index contributed by atoms with van der Waals surface area (Å²) in [6.45, 7) is 0. The van der Waals surface area contributed by atoms with E-state index in [1.54, 1.807) is 0 Å². The topological polar surface area (TPSA) is 26.3 Å². The largest absolute Gasteiger partial charge is 0.457 e. The molecular weight excluding hydrogens is 579 g/mol. The Kier molecular flexibility index (Phi) is 6.17. The van der Waals surface area contributed by atoms with Crippen LogP contribution in [0, 0.1) is 0 Å². The van der Waals surface area contributed by atoms with Crippen molar-refractivity contribution in [3.63, 3.8) is 0 Å². The minimum atomic E-state index is -2.99. The summed E-state index contributed by atoms with van der Waals surface area (Å²) in [5.74, 6) is 1.74. The molecule has 1 spiro atoms. The SMILES string of the molecule is O=P(c1ccccc1)(c1cccc(-c2ccc3c(c2)C2(c4ccccc4O3)c3ccccc3-c3ccccc32)c1)C1C=CC=CC1. The third-order valence-electron chi connectivity index (χ3n) is 9.97. The lowest BCUT2D eigenvalue weighted by molar-refractivity contribution is 0.436. The van der Waals surface area contributed by atoms with Gasteiger partial charge in [-0.25, -0.2) is 0 Å². The summed E-state index contributed by atoms with van der Waals surface area (Å²) in [4.78, 5) is 0. The summed E-state index contributed by atoms with van der Waals surface area (Å²) in [7, 11) is -2.99. The molecule has 2 unspecified atom stereocenters. The Balaban J connectivity index is 1.26. The molecule has 2 nitrogen and oxygen atoms in total. The second-order valence-corrected chi connectivity index (χ2v) is 15.3. The van der Waals surface area contributed by atoms with Crippen molar-refractivity contribution in [2.45, 2.75) is 17.5 Å². The normalized spacial score (nSPS) is 17.7. The van der Waals surface area contributed by atoms with Crippen molar-refractivity contribution in [1.29, 1.82) is 0 Å². The molecule has 0 amide bonds. The molecule has 0 saturated heterocycles. The first kappa shape index (κ1) is 27.2. The Morgan fingerprint density at radius 2 is 1.17 bits per heavy atom. The van der Waals surface area contributed by atoms with Crippen molar-refractivity contribution in [2.75, 3.05) is 0 Å². The first-order valence-corrected chi connectivity index (χ1v) is 17.7. The van der Waals surface area contributed by atoms with Crippen LogP contribution < -0.4 is 15.3 Å². The Morgan fingerprint density at radius 3 is 1.91 bits per heavy atom. The number of hydrogen-bond donors (Lipinski definition) is 0. The van der Waals surface area contributed by atoms with E-state index in [-0.39, 0.29) is 5.66 Å². The average molecular weight is 611 g/mol. The van der Waals surface area contributed by atoms with E-state index in [1.807, 2.05) is 54.6 Å². The molecule has 2 atom stereocenters. The highest BCUT2D eigenvalue weighted by molar-refractivity contribution is 7.79. The zero-order chi connectivity index (χ0) is 30.7. The molecule has 0 saturated carbocycles. The van der Waals surface area contributed by atoms with E-state index in [0.717, 1.165) is 50.8 Å². The summed E-state index contributed by atoms with van der Waals surface area (Å²) in [5.41, 5.74) is 8.83. The van der Waals surface area contributed by atoms with Gasteiger partial charge in [0.25, 0.3) is 0 Å². The molecule has 6 aromatic rings. The Bertz CT molecular complexity index is 2220. The van der Waals surface area contributed by atoms with Crippen molar-refractivity contribution in [3.8, 4) is 33.8 Å². The lowest BCUT2D eigenvalue weighted by Crippen LogP contribution is -2.32. The number of allylic oxidation sites excluding steroid dienone is 4. The van der Waals surface area contributed by atoms with Gasteiger partial charge in [0.15, 0.2) is 0 Å².